The van der Waals surface area contributed by atoms with Crippen molar-refractivity contribution in [2.75, 3.05) is 44.2 Å². The lowest BCUT2D eigenvalue weighted by Gasteiger charge is -2.43. The van der Waals surface area contributed by atoms with Crippen LogP contribution in [0.5, 0.6) is 11.5 Å². The summed E-state index contributed by atoms with van der Waals surface area (Å²) >= 11 is 0. The number of para-hydroxylation sites is 2. The van der Waals surface area contributed by atoms with Crippen molar-refractivity contribution in [3.8, 4) is 11.5 Å². The normalized spacial score (nSPS) is 16.8. The monoisotopic (exact) mass is 517 g/mol. The van der Waals surface area contributed by atoms with Crippen LogP contribution in [-0.2, 0) is 16.1 Å². The van der Waals surface area contributed by atoms with Gasteiger partial charge in [-0.3, -0.25) is 9.80 Å². The summed E-state index contributed by atoms with van der Waals surface area (Å²) in [5, 5.41) is 14.8. The van der Waals surface area contributed by atoms with E-state index in [0.717, 1.165) is 37.2 Å². The number of hydrogen-bond donors (Lipinski definition) is 2. The smallest absolute Gasteiger partial charge is 0.414 e. The Labute approximate surface area is 223 Å². The third kappa shape index (κ3) is 8.06. The van der Waals surface area contributed by atoms with Gasteiger partial charge in [0.25, 0.3) is 0 Å². The highest BCUT2D eigenvalue weighted by atomic mass is 16.5. The van der Waals surface area contributed by atoms with Crippen LogP contribution in [0.2, 0.25) is 0 Å². The molecule has 0 amide bonds. The van der Waals surface area contributed by atoms with Crippen molar-refractivity contribution in [3.05, 3.63) is 90.5 Å². The lowest BCUT2D eigenvalue weighted by molar-refractivity contribution is -0.159. The van der Waals surface area contributed by atoms with E-state index in [-0.39, 0.29) is 0 Å². The van der Waals surface area contributed by atoms with Gasteiger partial charge in [-0.05, 0) is 67.9 Å². The maximum atomic E-state index is 9.10. The number of carboxylic acids is 2. The first kappa shape index (κ1) is 27.2. The Bertz CT molecular complexity index is 1150. The van der Waals surface area contributed by atoms with Crippen molar-refractivity contribution in [1.29, 1.82) is 0 Å². The summed E-state index contributed by atoms with van der Waals surface area (Å²) in [5.41, 5.74) is 2.69. The molecule has 200 valence electrons. The van der Waals surface area contributed by atoms with Gasteiger partial charge in [0.05, 0.1) is 0 Å². The van der Waals surface area contributed by atoms with Crippen molar-refractivity contribution in [3.63, 3.8) is 0 Å². The van der Waals surface area contributed by atoms with E-state index in [0.29, 0.717) is 0 Å². The van der Waals surface area contributed by atoms with Crippen LogP contribution in [0.25, 0.3) is 0 Å². The zero-order chi connectivity index (χ0) is 26.7. The summed E-state index contributed by atoms with van der Waals surface area (Å²) in [6.45, 7) is 7.98. The van der Waals surface area contributed by atoms with Crippen molar-refractivity contribution in [1.82, 2.24) is 9.80 Å². The molecule has 0 radical (unpaired) electrons. The summed E-state index contributed by atoms with van der Waals surface area (Å²) in [6.07, 6.45) is 2.54. The lowest BCUT2D eigenvalue weighted by Crippen LogP contribution is -2.53. The summed E-state index contributed by atoms with van der Waals surface area (Å²) in [5.74, 6) is -1.84. The number of carboxylic acid groups (broad SMARTS) is 2. The molecule has 0 bridgehead atoms. The minimum atomic E-state index is -1.82. The van der Waals surface area contributed by atoms with E-state index in [9.17, 15) is 0 Å². The third-order valence-electron chi connectivity index (χ3n) is 6.98. The highest BCUT2D eigenvalue weighted by Gasteiger charge is 2.27. The molecular weight excluding hydrogens is 482 g/mol. The lowest BCUT2D eigenvalue weighted by atomic mass is 10.0. The van der Waals surface area contributed by atoms with Crippen LogP contribution >= 0.6 is 0 Å². The molecule has 2 N–H and O–H groups in total. The van der Waals surface area contributed by atoms with E-state index >= 15 is 0 Å². The van der Waals surface area contributed by atoms with Crippen molar-refractivity contribution >= 4 is 17.6 Å². The third-order valence-corrected chi connectivity index (χ3v) is 6.98. The summed E-state index contributed by atoms with van der Waals surface area (Å²) < 4.78 is 6.02. The van der Waals surface area contributed by atoms with Crippen LogP contribution in [0, 0.1) is 0 Å². The Morgan fingerprint density at radius 2 is 1.29 bits per heavy atom. The Hall–Kier alpha value is -3.88. The highest BCUT2D eigenvalue weighted by Crippen LogP contribution is 2.25. The summed E-state index contributed by atoms with van der Waals surface area (Å²) in [6, 6.07) is 30.1. The number of piperidine rings is 1. The number of hydrogen-bond acceptors (Lipinski definition) is 6. The van der Waals surface area contributed by atoms with E-state index < -0.39 is 11.9 Å². The maximum absolute atomic E-state index is 9.10. The molecule has 0 saturated carbocycles. The van der Waals surface area contributed by atoms with Gasteiger partial charge in [-0.25, -0.2) is 9.59 Å². The van der Waals surface area contributed by atoms with E-state index in [1.807, 2.05) is 36.4 Å². The molecule has 38 heavy (non-hydrogen) atoms. The van der Waals surface area contributed by atoms with Gasteiger partial charge in [0, 0.05) is 44.5 Å². The summed E-state index contributed by atoms with van der Waals surface area (Å²) in [4.78, 5) is 26.0. The maximum Gasteiger partial charge on any atom is 0.414 e. The number of likely N-dealkylation sites (tertiary alicyclic amines) is 1. The molecule has 2 aliphatic rings. The van der Waals surface area contributed by atoms with E-state index in [1.54, 1.807) is 0 Å². The highest BCUT2D eigenvalue weighted by molar-refractivity contribution is 6.27. The largest absolute Gasteiger partial charge is 0.473 e. The minimum Gasteiger partial charge on any atom is -0.473 e. The van der Waals surface area contributed by atoms with Crippen LogP contribution in [0.4, 0.5) is 5.69 Å². The first-order valence-corrected chi connectivity index (χ1v) is 13.0. The Morgan fingerprint density at radius 3 is 1.89 bits per heavy atom. The van der Waals surface area contributed by atoms with Crippen molar-refractivity contribution < 1.29 is 24.5 Å². The molecule has 5 rings (SSSR count). The zero-order valence-electron chi connectivity index (χ0n) is 21.5. The minimum absolute atomic E-state index is 0.733. The SMILES string of the molecule is O=C(O)C(=O)O.c1ccc(Oc2cccc(CN3CCC(N4CCN(c5ccccc5)CC4)CC3)c2)cc1. The van der Waals surface area contributed by atoms with Gasteiger partial charge < -0.3 is 19.8 Å². The number of rotatable bonds is 6. The van der Waals surface area contributed by atoms with Crippen LogP contribution in [0.1, 0.15) is 18.4 Å². The molecule has 2 aliphatic heterocycles. The molecular formula is C30H35N3O5. The fourth-order valence-electron chi connectivity index (χ4n) is 5.02. The number of benzene rings is 3. The fourth-order valence-corrected chi connectivity index (χ4v) is 5.02. The zero-order valence-corrected chi connectivity index (χ0v) is 21.5. The van der Waals surface area contributed by atoms with Gasteiger partial charge in [0.15, 0.2) is 0 Å². The number of anilines is 1. The van der Waals surface area contributed by atoms with Crippen molar-refractivity contribution in [2.45, 2.75) is 25.4 Å². The molecule has 3 aromatic rings. The first-order valence-electron chi connectivity index (χ1n) is 13.0. The van der Waals surface area contributed by atoms with Gasteiger partial charge in [-0.1, -0.05) is 48.5 Å². The predicted molar refractivity (Wildman–Crippen MR) is 147 cm³/mol. The number of piperazine rings is 1. The molecule has 0 unspecified atom stereocenters. The van der Waals surface area contributed by atoms with Gasteiger partial charge in [0.2, 0.25) is 0 Å². The number of nitrogens with zero attached hydrogens (tertiary/aromatic N) is 3. The van der Waals surface area contributed by atoms with Gasteiger partial charge >= 0.3 is 11.9 Å². The van der Waals surface area contributed by atoms with E-state index in [2.05, 4.69) is 63.2 Å². The molecule has 8 nitrogen and oxygen atoms in total. The predicted octanol–water partition coefficient (Wildman–Crippen LogP) is 4.42. The average molecular weight is 518 g/mol. The Morgan fingerprint density at radius 1 is 0.711 bits per heavy atom. The first-order chi connectivity index (χ1) is 18.5. The van der Waals surface area contributed by atoms with Crippen LogP contribution < -0.4 is 9.64 Å². The second-order valence-electron chi connectivity index (χ2n) is 9.54. The standard InChI is InChI=1S/C28H33N3O.C2H2O4/c1-3-9-25(10-4-1)30-18-20-31(21-19-30)26-14-16-29(17-15-26)23-24-8-7-13-28(22-24)32-27-11-5-2-6-12-27;3-1(4)2(5)6/h1-13,22,26H,14-21,23H2;(H,3,4)(H,5,6). The molecule has 0 aromatic heterocycles. The quantitative estimate of drug-likeness (QED) is 0.464. The number of ether oxygens (including phenoxy) is 1. The number of carbonyl (C=O) groups is 2. The molecule has 0 aliphatic carbocycles. The Balaban J connectivity index is 0.000000505. The topological polar surface area (TPSA) is 93.5 Å². The van der Waals surface area contributed by atoms with Gasteiger partial charge in [-0.2, -0.15) is 0 Å². The van der Waals surface area contributed by atoms with Crippen LogP contribution in [0.15, 0.2) is 84.9 Å². The molecule has 3 aromatic carbocycles. The van der Waals surface area contributed by atoms with Gasteiger partial charge in [-0.15, -0.1) is 0 Å². The molecule has 0 spiro atoms. The second-order valence-corrected chi connectivity index (χ2v) is 9.54. The molecule has 2 heterocycles. The van der Waals surface area contributed by atoms with Gasteiger partial charge in [0.1, 0.15) is 11.5 Å². The second kappa shape index (κ2) is 13.6. The van der Waals surface area contributed by atoms with Crippen LogP contribution in [0.3, 0.4) is 0 Å². The molecule has 2 fully saturated rings. The Kier molecular flexibility index (Phi) is 9.72. The van der Waals surface area contributed by atoms with E-state index in [4.69, 9.17) is 24.5 Å². The molecule has 2 saturated heterocycles. The fraction of sp³-hybridized carbons (Fsp3) is 0.333. The molecule has 0 atom stereocenters. The van der Waals surface area contributed by atoms with Crippen LogP contribution in [-0.4, -0.2) is 77.3 Å². The van der Waals surface area contributed by atoms with E-state index in [1.165, 1.54) is 50.3 Å². The summed E-state index contributed by atoms with van der Waals surface area (Å²) in [7, 11) is 0. The number of aliphatic carboxylic acids is 2. The van der Waals surface area contributed by atoms with Crippen molar-refractivity contribution in [2.24, 2.45) is 0 Å². The average Bonchev–Trinajstić information content (AvgIpc) is 2.95. The molecule has 8 heteroatoms.